The molecule has 5 rings (SSSR count). The topological polar surface area (TPSA) is 119 Å². The molecule has 1 N–H and O–H groups in total. The second-order valence-corrected chi connectivity index (χ2v) is 15.3. The minimum atomic E-state index is -3.38. The van der Waals surface area contributed by atoms with Crippen LogP contribution in [0.25, 0.3) is 10.9 Å². The average Bonchev–Trinajstić information content (AvgIpc) is 3.22. The summed E-state index contributed by atoms with van der Waals surface area (Å²) in [4.78, 5) is 47.1. The van der Waals surface area contributed by atoms with Gasteiger partial charge in [-0.05, 0) is 57.0 Å². The molecule has 1 aromatic heterocycles. The van der Waals surface area contributed by atoms with Crippen molar-refractivity contribution in [1.82, 2.24) is 33.8 Å². The minimum absolute atomic E-state index is 0.00786. The predicted molar refractivity (Wildman–Crippen MR) is 176 cm³/mol. The van der Waals surface area contributed by atoms with Gasteiger partial charge in [-0.1, -0.05) is 18.2 Å². The Bertz CT molecular complexity index is 1540. The number of carbonyl (C=O) groups excluding carboxylic acids is 2. The molecule has 3 aliphatic rings. The Morgan fingerprint density at radius 3 is 2.20 bits per heavy atom. The summed E-state index contributed by atoms with van der Waals surface area (Å²) in [5.41, 5.74) is 0.723. The van der Waals surface area contributed by atoms with Crippen molar-refractivity contribution in [3.8, 4) is 0 Å². The first kappa shape index (κ1) is 33.4. The van der Waals surface area contributed by atoms with Crippen LogP contribution in [-0.4, -0.2) is 140 Å². The molecule has 0 unspecified atom stereocenters. The maximum Gasteiger partial charge on any atom is 0.319 e. The third-order valence-corrected chi connectivity index (χ3v) is 11.0. The number of sulfonamides is 1. The van der Waals surface area contributed by atoms with Crippen LogP contribution in [0.2, 0.25) is 0 Å². The third-order valence-electron chi connectivity index (χ3n) is 9.69. The van der Waals surface area contributed by atoms with Crippen molar-refractivity contribution in [2.24, 2.45) is 0 Å². The number of piperidine rings is 1. The van der Waals surface area contributed by atoms with Crippen molar-refractivity contribution in [3.05, 3.63) is 46.2 Å². The zero-order valence-electron chi connectivity index (χ0n) is 27.3. The second kappa shape index (κ2) is 13.8. The van der Waals surface area contributed by atoms with E-state index < -0.39 is 10.0 Å². The van der Waals surface area contributed by atoms with Gasteiger partial charge in [0.05, 0.1) is 11.8 Å². The van der Waals surface area contributed by atoms with E-state index in [9.17, 15) is 22.8 Å². The number of carbonyl (C=O) groups is 2. The predicted octanol–water partition coefficient (Wildman–Crippen LogP) is 1.87. The van der Waals surface area contributed by atoms with Crippen LogP contribution in [0.4, 0.5) is 4.79 Å². The number of piperazine rings is 1. The Morgan fingerprint density at radius 1 is 0.978 bits per heavy atom. The van der Waals surface area contributed by atoms with Crippen molar-refractivity contribution < 1.29 is 18.0 Å². The second-order valence-electron chi connectivity index (χ2n) is 13.3. The Morgan fingerprint density at radius 2 is 1.60 bits per heavy atom. The number of hydrogen-bond donors (Lipinski definition) is 1. The van der Waals surface area contributed by atoms with Gasteiger partial charge in [0.2, 0.25) is 10.0 Å². The van der Waals surface area contributed by atoms with Gasteiger partial charge in [0.25, 0.3) is 11.5 Å². The average molecular weight is 644 g/mol. The Balaban J connectivity index is 1.16. The van der Waals surface area contributed by atoms with E-state index in [1.165, 1.54) is 6.26 Å². The lowest BCUT2D eigenvalue weighted by Gasteiger charge is -2.40. The number of benzene rings is 1. The molecular formula is C32H49N7O5S. The summed E-state index contributed by atoms with van der Waals surface area (Å²) in [6, 6.07) is 9.78. The smallest absolute Gasteiger partial charge is 0.319 e. The van der Waals surface area contributed by atoms with Crippen molar-refractivity contribution in [3.63, 3.8) is 0 Å². The summed E-state index contributed by atoms with van der Waals surface area (Å²) in [5, 5.41) is 4.04. The van der Waals surface area contributed by atoms with E-state index in [1.54, 1.807) is 33.9 Å². The van der Waals surface area contributed by atoms with Gasteiger partial charge in [-0.2, -0.15) is 4.31 Å². The molecule has 0 radical (unpaired) electrons. The first-order valence-electron chi connectivity index (χ1n) is 16.2. The van der Waals surface area contributed by atoms with E-state index >= 15 is 0 Å². The first-order chi connectivity index (χ1) is 21.3. The van der Waals surface area contributed by atoms with Gasteiger partial charge in [0.15, 0.2) is 0 Å². The summed E-state index contributed by atoms with van der Waals surface area (Å²) in [6.07, 6.45) is 4.87. The van der Waals surface area contributed by atoms with Crippen LogP contribution in [0, 0.1) is 0 Å². The lowest BCUT2D eigenvalue weighted by molar-refractivity contribution is 0.0826. The van der Waals surface area contributed by atoms with Gasteiger partial charge in [0, 0.05) is 90.6 Å². The molecule has 0 spiro atoms. The quantitative estimate of drug-likeness (QED) is 0.420. The summed E-state index contributed by atoms with van der Waals surface area (Å²) in [5.74, 6) is -0.326. The molecule has 3 saturated heterocycles. The maximum absolute atomic E-state index is 13.4. The lowest BCUT2D eigenvalue weighted by atomic mass is 9.97. The maximum atomic E-state index is 13.4. The van der Waals surface area contributed by atoms with Gasteiger partial charge in [0.1, 0.15) is 5.56 Å². The van der Waals surface area contributed by atoms with Crippen molar-refractivity contribution >= 4 is 32.9 Å². The van der Waals surface area contributed by atoms with E-state index in [-0.39, 0.29) is 47.2 Å². The fourth-order valence-corrected chi connectivity index (χ4v) is 8.18. The van der Waals surface area contributed by atoms with E-state index in [0.29, 0.717) is 39.3 Å². The first-order valence-corrected chi connectivity index (χ1v) is 18.0. The van der Waals surface area contributed by atoms with Crippen molar-refractivity contribution in [1.29, 1.82) is 0 Å². The summed E-state index contributed by atoms with van der Waals surface area (Å²) < 4.78 is 28.7. The molecule has 1 aromatic carbocycles. The fraction of sp³-hybridized carbons (Fsp3) is 0.656. The van der Waals surface area contributed by atoms with Gasteiger partial charge >= 0.3 is 6.03 Å². The molecule has 248 valence electrons. The van der Waals surface area contributed by atoms with Crippen molar-refractivity contribution in [2.45, 2.75) is 63.7 Å². The summed E-state index contributed by atoms with van der Waals surface area (Å²) >= 11 is 0. The van der Waals surface area contributed by atoms with Gasteiger partial charge in [-0.15, -0.1) is 0 Å². The molecule has 12 nitrogen and oxygen atoms in total. The number of nitrogens with one attached hydrogen (secondary N) is 1. The fourth-order valence-electron chi connectivity index (χ4n) is 7.35. The zero-order valence-corrected chi connectivity index (χ0v) is 28.1. The van der Waals surface area contributed by atoms with E-state index in [1.807, 2.05) is 43.0 Å². The Labute approximate surface area is 267 Å². The normalized spacial score (nSPS) is 22.8. The Hall–Kier alpha value is -3.00. The number of fused-ring (bicyclic) bond motifs is 3. The molecular weight excluding hydrogens is 594 g/mol. The molecule has 4 heterocycles. The van der Waals surface area contributed by atoms with Gasteiger partial charge in [-0.3, -0.25) is 19.4 Å². The number of para-hydroxylation sites is 1. The standard InChI is InChI=1S/C32H49N7O5S/c1-23(2)39-29-9-7-6-8-24(29)20-28(31(39)41)30(40)33-25-21-26-10-11-27(22-25)38(26)19-18-37(45(5,43)44)17-14-35-12-15-36(16-13-35)32(42)34(3)4/h6-9,20,23,25-27H,10-19,21-22H2,1-5H3,(H,33,40)/t25-,26+,27-. The van der Waals surface area contributed by atoms with Crippen LogP contribution >= 0.6 is 0 Å². The number of hydrogen-bond acceptors (Lipinski definition) is 7. The zero-order chi connectivity index (χ0) is 32.5. The van der Waals surface area contributed by atoms with Crippen LogP contribution in [-0.2, 0) is 10.0 Å². The number of nitrogens with zero attached hydrogens (tertiary/aromatic N) is 6. The summed E-state index contributed by atoms with van der Waals surface area (Å²) in [6.45, 7) is 8.75. The molecule has 3 fully saturated rings. The molecule has 45 heavy (non-hydrogen) atoms. The molecule has 2 aromatic rings. The molecule has 2 bridgehead atoms. The van der Waals surface area contributed by atoms with E-state index in [4.69, 9.17) is 0 Å². The van der Waals surface area contributed by atoms with Crippen molar-refractivity contribution in [2.75, 3.05) is 72.7 Å². The van der Waals surface area contributed by atoms with Crippen LogP contribution in [0.3, 0.4) is 0 Å². The van der Waals surface area contributed by atoms with E-state index in [2.05, 4.69) is 15.1 Å². The minimum Gasteiger partial charge on any atom is -0.349 e. The highest BCUT2D eigenvalue weighted by atomic mass is 32.2. The monoisotopic (exact) mass is 643 g/mol. The Kier molecular flexibility index (Phi) is 10.2. The number of aromatic nitrogens is 1. The van der Waals surface area contributed by atoms with Crippen LogP contribution < -0.4 is 10.9 Å². The number of pyridine rings is 1. The molecule has 3 aliphatic heterocycles. The number of urea groups is 1. The van der Waals surface area contributed by atoms with Gasteiger partial charge in [-0.25, -0.2) is 13.2 Å². The number of amides is 3. The highest BCUT2D eigenvalue weighted by molar-refractivity contribution is 7.88. The summed E-state index contributed by atoms with van der Waals surface area (Å²) in [7, 11) is 0.118. The lowest BCUT2D eigenvalue weighted by Crippen LogP contribution is -2.54. The number of rotatable bonds is 10. The highest BCUT2D eigenvalue weighted by Gasteiger charge is 2.41. The molecule has 13 heteroatoms. The highest BCUT2D eigenvalue weighted by Crippen LogP contribution is 2.35. The van der Waals surface area contributed by atoms with Crippen LogP contribution in [0.15, 0.2) is 35.1 Å². The third kappa shape index (κ3) is 7.53. The molecule has 3 amide bonds. The van der Waals surface area contributed by atoms with E-state index in [0.717, 1.165) is 49.7 Å². The molecule has 0 saturated carbocycles. The molecule has 3 atom stereocenters. The van der Waals surface area contributed by atoms with Gasteiger partial charge < -0.3 is 19.7 Å². The molecule has 0 aliphatic carbocycles. The van der Waals surface area contributed by atoms with Crippen LogP contribution in [0.1, 0.15) is 55.9 Å². The largest absolute Gasteiger partial charge is 0.349 e. The SMILES string of the molecule is CC(C)n1c(=O)c(C(=O)N[C@H]2C[C@H]3CC[C@@H](C2)N3CCN(CCN2CCN(C(=O)N(C)C)CC2)S(C)(=O)=O)cc2ccccc21. The van der Waals surface area contributed by atoms with Crippen LogP contribution in [0.5, 0.6) is 0 Å².